The normalized spacial score (nSPS) is 11.3. The number of rotatable bonds is 14. The van der Waals surface area contributed by atoms with Crippen molar-refractivity contribution in [2.75, 3.05) is 46.8 Å². The molecule has 0 aromatic rings. The average Bonchev–Trinajstić information content (AvgIpc) is 2.38. The van der Waals surface area contributed by atoms with Crippen LogP contribution in [0, 0.1) is 0 Å². The van der Waals surface area contributed by atoms with E-state index in [0.717, 1.165) is 6.54 Å². The van der Waals surface area contributed by atoms with Crippen molar-refractivity contribution in [3.63, 3.8) is 0 Å². The van der Waals surface area contributed by atoms with E-state index in [1.165, 1.54) is 71.1 Å². The van der Waals surface area contributed by atoms with Gasteiger partial charge in [0, 0.05) is 0 Å². The van der Waals surface area contributed by atoms with Gasteiger partial charge >= 0.3 is 0 Å². The molecule has 0 unspecified atom stereocenters. The predicted molar refractivity (Wildman–Crippen MR) is 82.3 cm³/mol. The van der Waals surface area contributed by atoms with Gasteiger partial charge in [-0.1, -0.05) is 19.8 Å². The second-order valence-electron chi connectivity index (χ2n) is 5.28. The van der Waals surface area contributed by atoms with Gasteiger partial charge in [-0.05, 0) is 78.9 Å². The highest BCUT2D eigenvalue weighted by atomic mass is 15.1. The van der Waals surface area contributed by atoms with Crippen LogP contribution in [0.5, 0.6) is 0 Å². The lowest BCUT2D eigenvalue weighted by molar-refractivity contribution is 0.319. The molecule has 0 aliphatic heterocycles. The smallest absolute Gasteiger partial charge is 0.00213 e. The fourth-order valence-corrected chi connectivity index (χ4v) is 2.03. The van der Waals surface area contributed by atoms with E-state index in [9.17, 15) is 0 Å². The number of nitrogens with one attached hydrogen (secondary N) is 2. The van der Waals surface area contributed by atoms with Gasteiger partial charge in [-0.2, -0.15) is 0 Å². The molecule has 2 N–H and O–H groups in total. The van der Waals surface area contributed by atoms with E-state index in [2.05, 4.69) is 29.5 Å². The summed E-state index contributed by atoms with van der Waals surface area (Å²) in [5.74, 6) is 0. The standard InChI is InChI=1S/C15H35N3/c1-4-5-14-18(3)15-10-9-13-17-12-8-6-7-11-16-2/h16-17H,4-15H2,1-3H3. The zero-order chi connectivity index (χ0) is 13.5. The molecule has 0 atom stereocenters. The SMILES string of the molecule is CCCCN(C)CCCCNCCCCCNC. The van der Waals surface area contributed by atoms with Gasteiger partial charge in [0.15, 0.2) is 0 Å². The Hall–Kier alpha value is -0.120. The Morgan fingerprint density at radius 1 is 0.778 bits per heavy atom. The third kappa shape index (κ3) is 13.9. The van der Waals surface area contributed by atoms with Gasteiger partial charge in [-0.25, -0.2) is 0 Å². The highest BCUT2D eigenvalue weighted by Gasteiger charge is 1.96. The molecule has 0 saturated carbocycles. The Balaban J connectivity index is 3.02. The van der Waals surface area contributed by atoms with Crippen molar-refractivity contribution in [1.29, 1.82) is 0 Å². The van der Waals surface area contributed by atoms with Crippen molar-refractivity contribution >= 4 is 0 Å². The van der Waals surface area contributed by atoms with Crippen LogP contribution in [-0.4, -0.2) is 51.7 Å². The Morgan fingerprint density at radius 3 is 2.06 bits per heavy atom. The van der Waals surface area contributed by atoms with Crippen LogP contribution in [0.4, 0.5) is 0 Å². The fourth-order valence-electron chi connectivity index (χ4n) is 2.03. The van der Waals surface area contributed by atoms with E-state index in [1.54, 1.807) is 0 Å². The number of unbranched alkanes of at least 4 members (excludes halogenated alkanes) is 4. The van der Waals surface area contributed by atoms with Gasteiger partial charge in [-0.3, -0.25) is 0 Å². The molecule has 0 amide bonds. The molecule has 0 spiro atoms. The van der Waals surface area contributed by atoms with Crippen LogP contribution in [0.3, 0.4) is 0 Å². The van der Waals surface area contributed by atoms with Crippen LogP contribution in [0.1, 0.15) is 51.9 Å². The number of hydrogen-bond donors (Lipinski definition) is 2. The molecular weight excluding hydrogens is 222 g/mol. The highest BCUT2D eigenvalue weighted by molar-refractivity contribution is 4.54. The molecule has 0 fully saturated rings. The van der Waals surface area contributed by atoms with Crippen molar-refractivity contribution in [1.82, 2.24) is 15.5 Å². The lowest BCUT2D eigenvalue weighted by Gasteiger charge is -2.15. The summed E-state index contributed by atoms with van der Waals surface area (Å²) >= 11 is 0. The molecule has 0 aromatic carbocycles. The lowest BCUT2D eigenvalue weighted by atomic mass is 10.2. The molecule has 0 aliphatic carbocycles. The third-order valence-electron chi connectivity index (χ3n) is 3.32. The molecule has 0 bridgehead atoms. The second-order valence-corrected chi connectivity index (χ2v) is 5.28. The maximum Gasteiger partial charge on any atom is -0.00213 e. The fraction of sp³-hybridized carbons (Fsp3) is 1.00. The Kier molecular flexibility index (Phi) is 14.8. The van der Waals surface area contributed by atoms with E-state index in [1.807, 2.05) is 7.05 Å². The van der Waals surface area contributed by atoms with Crippen LogP contribution < -0.4 is 10.6 Å². The molecular formula is C15H35N3. The largest absolute Gasteiger partial charge is 0.320 e. The van der Waals surface area contributed by atoms with E-state index in [0.29, 0.717) is 0 Å². The van der Waals surface area contributed by atoms with Gasteiger partial charge < -0.3 is 15.5 Å². The summed E-state index contributed by atoms with van der Waals surface area (Å²) in [5, 5.41) is 6.73. The number of hydrogen-bond acceptors (Lipinski definition) is 3. The summed E-state index contributed by atoms with van der Waals surface area (Å²) < 4.78 is 0. The summed E-state index contributed by atoms with van der Waals surface area (Å²) in [5.41, 5.74) is 0. The first kappa shape index (κ1) is 17.9. The predicted octanol–water partition coefficient (Wildman–Crippen LogP) is 2.48. The maximum atomic E-state index is 3.54. The molecule has 0 radical (unpaired) electrons. The van der Waals surface area contributed by atoms with Crippen LogP contribution in [0.2, 0.25) is 0 Å². The van der Waals surface area contributed by atoms with Crippen molar-refractivity contribution in [2.45, 2.75) is 51.9 Å². The zero-order valence-corrected chi connectivity index (χ0v) is 12.9. The Labute approximate surface area is 115 Å². The van der Waals surface area contributed by atoms with Crippen molar-refractivity contribution in [2.24, 2.45) is 0 Å². The van der Waals surface area contributed by atoms with Crippen LogP contribution >= 0.6 is 0 Å². The van der Waals surface area contributed by atoms with Crippen LogP contribution in [0.15, 0.2) is 0 Å². The van der Waals surface area contributed by atoms with Crippen molar-refractivity contribution in [3.8, 4) is 0 Å². The number of nitrogens with zero attached hydrogens (tertiary/aromatic N) is 1. The Morgan fingerprint density at radius 2 is 1.39 bits per heavy atom. The molecule has 0 saturated heterocycles. The first-order chi connectivity index (χ1) is 8.81. The third-order valence-corrected chi connectivity index (χ3v) is 3.32. The monoisotopic (exact) mass is 257 g/mol. The minimum Gasteiger partial charge on any atom is -0.320 e. The van der Waals surface area contributed by atoms with E-state index in [4.69, 9.17) is 0 Å². The van der Waals surface area contributed by atoms with Crippen molar-refractivity contribution in [3.05, 3.63) is 0 Å². The maximum absolute atomic E-state index is 3.54. The molecule has 110 valence electrons. The zero-order valence-electron chi connectivity index (χ0n) is 12.9. The van der Waals surface area contributed by atoms with E-state index < -0.39 is 0 Å². The minimum absolute atomic E-state index is 1.16. The highest BCUT2D eigenvalue weighted by Crippen LogP contribution is 1.96. The van der Waals surface area contributed by atoms with Gasteiger partial charge in [0.05, 0.1) is 0 Å². The van der Waals surface area contributed by atoms with Crippen LogP contribution in [-0.2, 0) is 0 Å². The lowest BCUT2D eigenvalue weighted by Crippen LogP contribution is -2.22. The quantitative estimate of drug-likeness (QED) is 0.468. The molecule has 0 aliphatic rings. The van der Waals surface area contributed by atoms with E-state index >= 15 is 0 Å². The minimum atomic E-state index is 1.16. The van der Waals surface area contributed by atoms with Gasteiger partial charge in [0.1, 0.15) is 0 Å². The average molecular weight is 257 g/mol. The van der Waals surface area contributed by atoms with Gasteiger partial charge in [-0.15, -0.1) is 0 Å². The van der Waals surface area contributed by atoms with Gasteiger partial charge in [0.25, 0.3) is 0 Å². The first-order valence-corrected chi connectivity index (χ1v) is 7.85. The molecule has 0 aromatic heterocycles. The summed E-state index contributed by atoms with van der Waals surface area (Å²) in [6, 6.07) is 0. The summed E-state index contributed by atoms with van der Waals surface area (Å²) in [4.78, 5) is 2.46. The van der Waals surface area contributed by atoms with E-state index in [-0.39, 0.29) is 0 Å². The molecule has 3 heteroatoms. The van der Waals surface area contributed by atoms with Crippen molar-refractivity contribution < 1.29 is 0 Å². The topological polar surface area (TPSA) is 27.3 Å². The first-order valence-electron chi connectivity index (χ1n) is 7.85. The molecule has 0 rings (SSSR count). The molecule has 18 heavy (non-hydrogen) atoms. The molecule has 0 heterocycles. The summed E-state index contributed by atoms with van der Waals surface area (Å²) in [6.07, 6.45) is 9.24. The van der Waals surface area contributed by atoms with Gasteiger partial charge in [0.2, 0.25) is 0 Å². The Bertz CT molecular complexity index is 151. The molecule has 3 nitrogen and oxygen atoms in total. The summed E-state index contributed by atoms with van der Waals surface area (Å²) in [6.45, 7) is 8.31. The second kappa shape index (κ2) is 14.9. The van der Waals surface area contributed by atoms with Crippen LogP contribution in [0.25, 0.3) is 0 Å². The summed E-state index contributed by atoms with van der Waals surface area (Å²) in [7, 11) is 4.26.